The predicted molar refractivity (Wildman–Crippen MR) is 85.6 cm³/mol. The van der Waals surface area contributed by atoms with Crippen molar-refractivity contribution in [1.29, 1.82) is 0 Å². The molecule has 2 aromatic heterocycles. The van der Waals surface area contributed by atoms with E-state index in [0.717, 1.165) is 42.0 Å². The number of hydrogen-bond donors (Lipinski definition) is 3. The number of thiophene rings is 1. The standard InChI is InChI=1S/C14H22N4OS/c1-3-6-15-14-17-12(16-9-10(2)4-7-19)11-5-8-20-13(11)18-14/h5,8,10,19H,3-4,6-7,9H2,1-2H3,(H2,15,16,17,18). The Balaban J connectivity index is 2.14. The molecule has 0 fully saturated rings. The molecule has 0 saturated carbocycles. The topological polar surface area (TPSA) is 70.1 Å². The Morgan fingerprint density at radius 2 is 2.20 bits per heavy atom. The number of nitrogens with one attached hydrogen (secondary N) is 2. The van der Waals surface area contributed by atoms with Crippen molar-refractivity contribution < 1.29 is 5.11 Å². The van der Waals surface area contributed by atoms with Crippen LogP contribution in [0.25, 0.3) is 10.2 Å². The van der Waals surface area contributed by atoms with Crippen LogP contribution in [0.1, 0.15) is 26.7 Å². The van der Waals surface area contributed by atoms with Crippen molar-refractivity contribution in [2.24, 2.45) is 5.92 Å². The zero-order chi connectivity index (χ0) is 14.4. The molecule has 0 amide bonds. The highest BCUT2D eigenvalue weighted by Crippen LogP contribution is 2.26. The lowest BCUT2D eigenvalue weighted by Crippen LogP contribution is -2.14. The first-order valence-corrected chi connectivity index (χ1v) is 7.96. The van der Waals surface area contributed by atoms with E-state index >= 15 is 0 Å². The molecule has 0 aromatic carbocycles. The lowest BCUT2D eigenvalue weighted by Gasteiger charge is -2.13. The minimum absolute atomic E-state index is 0.226. The van der Waals surface area contributed by atoms with Crippen LogP contribution in [0.3, 0.4) is 0 Å². The first-order chi connectivity index (χ1) is 9.74. The lowest BCUT2D eigenvalue weighted by atomic mass is 10.1. The molecule has 0 aliphatic heterocycles. The number of aliphatic hydroxyl groups is 1. The summed E-state index contributed by atoms with van der Waals surface area (Å²) in [6.07, 6.45) is 1.84. The van der Waals surface area contributed by atoms with Crippen LogP contribution in [-0.4, -0.2) is 34.8 Å². The van der Waals surface area contributed by atoms with Gasteiger partial charge in [-0.05, 0) is 30.2 Å². The number of hydrogen-bond acceptors (Lipinski definition) is 6. The van der Waals surface area contributed by atoms with Crippen molar-refractivity contribution in [2.45, 2.75) is 26.7 Å². The first kappa shape index (κ1) is 15.0. The van der Waals surface area contributed by atoms with E-state index in [2.05, 4.69) is 34.4 Å². The zero-order valence-corrected chi connectivity index (χ0v) is 12.8. The molecule has 3 N–H and O–H groups in total. The SMILES string of the molecule is CCCNc1nc(NCC(C)CCO)c2ccsc2n1. The van der Waals surface area contributed by atoms with E-state index in [1.54, 1.807) is 11.3 Å². The van der Waals surface area contributed by atoms with E-state index in [0.29, 0.717) is 11.9 Å². The van der Waals surface area contributed by atoms with E-state index in [-0.39, 0.29) is 6.61 Å². The summed E-state index contributed by atoms with van der Waals surface area (Å²) in [6, 6.07) is 2.04. The highest BCUT2D eigenvalue weighted by atomic mass is 32.1. The number of aromatic nitrogens is 2. The second-order valence-electron chi connectivity index (χ2n) is 4.96. The number of rotatable bonds is 8. The van der Waals surface area contributed by atoms with Crippen LogP contribution >= 0.6 is 11.3 Å². The smallest absolute Gasteiger partial charge is 0.226 e. The van der Waals surface area contributed by atoms with Gasteiger partial charge in [0.2, 0.25) is 5.95 Å². The van der Waals surface area contributed by atoms with Gasteiger partial charge in [-0.3, -0.25) is 0 Å². The third kappa shape index (κ3) is 3.80. The number of anilines is 2. The molecule has 0 aliphatic carbocycles. The van der Waals surface area contributed by atoms with Gasteiger partial charge in [0.1, 0.15) is 10.6 Å². The van der Waals surface area contributed by atoms with E-state index in [1.165, 1.54) is 0 Å². The summed E-state index contributed by atoms with van der Waals surface area (Å²) >= 11 is 1.62. The van der Waals surface area contributed by atoms with E-state index in [1.807, 2.05) is 11.4 Å². The van der Waals surface area contributed by atoms with Crippen LogP contribution in [0, 0.1) is 5.92 Å². The van der Waals surface area contributed by atoms with Gasteiger partial charge in [-0.1, -0.05) is 13.8 Å². The molecule has 2 aromatic rings. The molecular weight excluding hydrogens is 272 g/mol. The van der Waals surface area contributed by atoms with Gasteiger partial charge in [0, 0.05) is 19.7 Å². The highest BCUT2D eigenvalue weighted by molar-refractivity contribution is 7.16. The largest absolute Gasteiger partial charge is 0.396 e. The van der Waals surface area contributed by atoms with Crippen molar-refractivity contribution in [1.82, 2.24) is 9.97 Å². The average molecular weight is 294 g/mol. The summed E-state index contributed by atoms with van der Waals surface area (Å²) in [4.78, 5) is 10.1. The molecule has 1 atom stereocenters. The summed E-state index contributed by atoms with van der Waals surface area (Å²) in [5.41, 5.74) is 0. The fourth-order valence-electron chi connectivity index (χ4n) is 1.90. The first-order valence-electron chi connectivity index (χ1n) is 7.08. The summed E-state index contributed by atoms with van der Waals surface area (Å²) in [6.45, 7) is 6.13. The Morgan fingerprint density at radius 1 is 1.35 bits per heavy atom. The Morgan fingerprint density at radius 3 is 2.95 bits per heavy atom. The average Bonchev–Trinajstić information content (AvgIpc) is 2.91. The van der Waals surface area contributed by atoms with Crippen LogP contribution in [0.4, 0.5) is 11.8 Å². The maximum atomic E-state index is 8.95. The Hall–Kier alpha value is -1.40. The molecule has 110 valence electrons. The van der Waals surface area contributed by atoms with Gasteiger partial charge in [0.25, 0.3) is 0 Å². The van der Waals surface area contributed by atoms with E-state index in [9.17, 15) is 0 Å². The molecule has 2 heterocycles. The third-order valence-electron chi connectivity index (χ3n) is 3.10. The summed E-state index contributed by atoms with van der Waals surface area (Å²) in [5, 5.41) is 18.7. The van der Waals surface area contributed by atoms with E-state index in [4.69, 9.17) is 5.11 Å². The molecule has 2 rings (SSSR count). The van der Waals surface area contributed by atoms with Gasteiger partial charge in [0.15, 0.2) is 0 Å². The van der Waals surface area contributed by atoms with Crippen molar-refractivity contribution >= 4 is 33.3 Å². The minimum Gasteiger partial charge on any atom is -0.396 e. The van der Waals surface area contributed by atoms with Crippen molar-refractivity contribution in [3.8, 4) is 0 Å². The van der Waals surface area contributed by atoms with Crippen LogP contribution in [-0.2, 0) is 0 Å². The number of fused-ring (bicyclic) bond motifs is 1. The monoisotopic (exact) mass is 294 g/mol. The van der Waals surface area contributed by atoms with Crippen molar-refractivity contribution in [2.75, 3.05) is 30.3 Å². The summed E-state index contributed by atoms with van der Waals surface area (Å²) in [7, 11) is 0. The Bertz CT molecular complexity index is 543. The van der Waals surface area contributed by atoms with Gasteiger partial charge < -0.3 is 15.7 Å². The minimum atomic E-state index is 0.226. The number of aliphatic hydroxyl groups excluding tert-OH is 1. The summed E-state index contributed by atoms with van der Waals surface area (Å²) in [5.74, 6) is 1.97. The van der Waals surface area contributed by atoms with Gasteiger partial charge in [-0.2, -0.15) is 4.98 Å². The molecular formula is C14H22N4OS. The second-order valence-corrected chi connectivity index (χ2v) is 5.85. The molecule has 0 spiro atoms. The van der Waals surface area contributed by atoms with Gasteiger partial charge in [-0.25, -0.2) is 4.98 Å². The fourth-order valence-corrected chi connectivity index (χ4v) is 2.66. The molecule has 0 radical (unpaired) electrons. The second kappa shape index (κ2) is 7.40. The third-order valence-corrected chi connectivity index (χ3v) is 3.90. The predicted octanol–water partition coefficient (Wildman–Crippen LogP) is 2.94. The molecule has 1 unspecified atom stereocenters. The quantitative estimate of drug-likeness (QED) is 0.698. The lowest BCUT2D eigenvalue weighted by molar-refractivity contribution is 0.266. The molecule has 20 heavy (non-hydrogen) atoms. The number of nitrogens with zero attached hydrogens (tertiary/aromatic N) is 2. The van der Waals surface area contributed by atoms with Gasteiger partial charge >= 0.3 is 0 Å². The molecule has 6 heteroatoms. The Kier molecular flexibility index (Phi) is 5.55. The highest BCUT2D eigenvalue weighted by Gasteiger charge is 2.09. The van der Waals surface area contributed by atoms with Crippen molar-refractivity contribution in [3.63, 3.8) is 0 Å². The van der Waals surface area contributed by atoms with Crippen LogP contribution in [0.2, 0.25) is 0 Å². The zero-order valence-electron chi connectivity index (χ0n) is 12.0. The Labute approximate surface area is 123 Å². The van der Waals surface area contributed by atoms with Crippen LogP contribution in [0.15, 0.2) is 11.4 Å². The molecule has 0 aliphatic rings. The van der Waals surface area contributed by atoms with E-state index < -0.39 is 0 Å². The van der Waals surface area contributed by atoms with Crippen LogP contribution < -0.4 is 10.6 Å². The molecule has 0 bridgehead atoms. The van der Waals surface area contributed by atoms with Crippen molar-refractivity contribution in [3.05, 3.63) is 11.4 Å². The van der Waals surface area contributed by atoms with Gasteiger partial charge in [-0.15, -0.1) is 11.3 Å². The maximum Gasteiger partial charge on any atom is 0.226 e. The normalized spacial score (nSPS) is 12.6. The molecule has 5 nitrogen and oxygen atoms in total. The molecule has 0 saturated heterocycles. The van der Waals surface area contributed by atoms with Crippen LogP contribution in [0.5, 0.6) is 0 Å². The summed E-state index contributed by atoms with van der Waals surface area (Å²) < 4.78 is 0. The van der Waals surface area contributed by atoms with Gasteiger partial charge in [0.05, 0.1) is 5.39 Å². The maximum absolute atomic E-state index is 8.95. The fraction of sp³-hybridized carbons (Fsp3) is 0.571.